The van der Waals surface area contributed by atoms with Crippen LogP contribution in [0.2, 0.25) is 0 Å². The van der Waals surface area contributed by atoms with Crippen LogP contribution in [0, 0.1) is 15.9 Å². The smallest absolute Gasteiger partial charge is 0.312 e. The van der Waals surface area contributed by atoms with Crippen molar-refractivity contribution >= 4 is 31.6 Å². The maximum absolute atomic E-state index is 14.0. The number of hydrogen-bond acceptors (Lipinski definition) is 5. The monoisotopic (exact) mass is 458 g/mol. The molecule has 0 radical (unpaired) electrons. The van der Waals surface area contributed by atoms with E-state index in [0.717, 1.165) is 31.4 Å². The third-order valence-electron chi connectivity index (χ3n) is 4.19. The predicted molar refractivity (Wildman–Crippen MR) is 99.9 cm³/mol. The highest BCUT2D eigenvalue weighted by molar-refractivity contribution is 9.10. The standard InChI is InChI=1S/C17H16BrFN2O5S/c18-12-4-6-16(14(19)10-12)26-17-7-5-13(11-15(17)21(22)23)27(24,25)20-8-2-1-3-9-20/h4-7,10-11H,1-3,8-9H2. The van der Waals surface area contributed by atoms with E-state index in [-0.39, 0.29) is 16.4 Å². The van der Waals surface area contributed by atoms with E-state index in [1.807, 2.05) is 0 Å². The summed E-state index contributed by atoms with van der Waals surface area (Å²) in [6.07, 6.45) is 2.47. The third-order valence-corrected chi connectivity index (χ3v) is 6.58. The number of halogens is 2. The maximum atomic E-state index is 14.0. The molecular formula is C17H16BrFN2O5S. The molecule has 7 nitrogen and oxygen atoms in total. The summed E-state index contributed by atoms with van der Waals surface area (Å²) in [4.78, 5) is 10.5. The fraction of sp³-hybridized carbons (Fsp3) is 0.294. The average molecular weight is 459 g/mol. The van der Waals surface area contributed by atoms with Crippen LogP contribution in [-0.2, 0) is 10.0 Å². The second-order valence-corrected chi connectivity index (χ2v) is 8.88. The second kappa shape index (κ2) is 7.91. The van der Waals surface area contributed by atoms with Gasteiger partial charge in [-0.25, -0.2) is 12.8 Å². The Morgan fingerprint density at radius 2 is 1.74 bits per heavy atom. The van der Waals surface area contributed by atoms with Gasteiger partial charge in [0.15, 0.2) is 11.6 Å². The molecule has 0 aromatic heterocycles. The molecule has 2 aromatic rings. The first kappa shape index (κ1) is 19.7. The Balaban J connectivity index is 1.96. The number of nitro groups is 1. The molecule has 1 aliphatic rings. The van der Waals surface area contributed by atoms with E-state index in [2.05, 4.69) is 15.9 Å². The quantitative estimate of drug-likeness (QED) is 0.487. The van der Waals surface area contributed by atoms with Crippen LogP contribution in [0.15, 0.2) is 45.8 Å². The number of hydrogen-bond donors (Lipinski definition) is 0. The summed E-state index contributed by atoms with van der Waals surface area (Å²) >= 11 is 3.11. The zero-order chi connectivity index (χ0) is 19.6. The van der Waals surface area contributed by atoms with E-state index in [4.69, 9.17) is 4.74 Å². The summed E-state index contributed by atoms with van der Waals surface area (Å²) in [5.41, 5.74) is -0.546. The van der Waals surface area contributed by atoms with Crippen LogP contribution >= 0.6 is 15.9 Å². The molecule has 10 heteroatoms. The molecule has 144 valence electrons. The van der Waals surface area contributed by atoms with Gasteiger partial charge in [-0.2, -0.15) is 4.31 Å². The Kier molecular flexibility index (Phi) is 5.78. The third kappa shape index (κ3) is 4.28. The van der Waals surface area contributed by atoms with Gasteiger partial charge in [0.05, 0.1) is 9.82 Å². The summed E-state index contributed by atoms with van der Waals surface area (Å²) in [5, 5.41) is 11.4. The van der Waals surface area contributed by atoms with Crippen LogP contribution in [0.3, 0.4) is 0 Å². The molecule has 3 rings (SSSR count). The lowest BCUT2D eigenvalue weighted by Crippen LogP contribution is -2.35. The van der Waals surface area contributed by atoms with Crippen molar-refractivity contribution in [2.45, 2.75) is 24.2 Å². The van der Waals surface area contributed by atoms with Gasteiger partial charge in [-0.15, -0.1) is 0 Å². The largest absolute Gasteiger partial charge is 0.447 e. The molecule has 0 spiro atoms. The SMILES string of the molecule is O=[N+]([O-])c1cc(S(=O)(=O)N2CCCCC2)ccc1Oc1ccc(Br)cc1F. The van der Waals surface area contributed by atoms with Crippen molar-refractivity contribution in [2.75, 3.05) is 13.1 Å². The molecule has 1 fully saturated rings. The molecule has 2 aromatic carbocycles. The molecule has 0 atom stereocenters. The van der Waals surface area contributed by atoms with Gasteiger partial charge in [0.2, 0.25) is 15.8 Å². The van der Waals surface area contributed by atoms with E-state index < -0.39 is 26.5 Å². The van der Waals surface area contributed by atoms with Crippen molar-refractivity contribution in [3.05, 3.63) is 56.8 Å². The molecule has 0 bridgehead atoms. The van der Waals surface area contributed by atoms with E-state index >= 15 is 0 Å². The summed E-state index contributed by atoms with van der Waals surface area (Å²) < 4.78 is 46.5. The van der Waals surface area contributed by atoms with Crippen molar-refractivity contribution in [2.24, 2.45) is 0 Å². The van der Waals surface area contributed by atoms with Crippen LogP contribution in [0.5, 0.6) is 11.5 Å². The van der Waals surface area contributed by atoms with Crippen molar-refractivity contribution in [1.29, 1.82) is 0 Å². The lowest BCUT2D eigenvalue weighted by atomic mass is 10.2. The molecule has 0 aliphatic carbocycles. The first-order valence-corrected chi connectivity index (χ1v) is 10.4. The minimum absolute atomic E-state index is 0.181. The maximum Gasteiger partial charge on any atom is 0.312 e. The van der Waals surface area contributed by atoms with Gasteiger partial charge in [-0.1, -0.05) is 22.4 Å². The molecule has 1 aliphatic heterocycles. The second-order valence-electron chi connectivity index (χ2n) is 6.03. The van der Waals surface area contributed by atoms with Crippen molar-refractivity contribution < 1.29 is 22.5 Å². The number of nitro benzene ring substituents is 1. The Bertz CT molecular complexity index is 977. The number of sulfonamides is 1. The number of rotatable bonds is 5. The summed E-state index contributed by atoms with van der Waals surface area (Å²) in [7, 11) is -3.83. The summed E-state index contributed by atoms with van der Waals surface area (Å²) in [5.74, 6) is -1.14. The van der Waals surface area contributed by atoms with Crippen LogP contribution in [0.4, 0.5) is 10.1 Å². The minimum atomic E-state index is -3.83. The molecule has 0 N–H and O–H groups in total. The molecule has 0 saturated carbocycles. The number of piperidine rings is 1. The Morgan fingerprint density at radius 3 is 2.37 bits per heavy atom. The van der Waals surface area contributed by atoms with Gasteiger partial charge in [0.25, 0.3) is 0 Å². The van der Waals surface area contributed by atoms with Crippen LogP contribution < -0.4 is 4.74 Å². The molecule has 1 heterocycles. The zero-order valence-corrected chi connectivity index (χ0v) is 16.5. The molecule has 1 saturated heterocycles. The van der Waals surface area contributed by atoms with Crippen molar-refractivity contribution in [1.82, 2.24) is 4.31 Å². The first-order chi connectivity index (χ1) is 12.8. The minimum Gasteiger partial charge on any atom is -0.447 e. The molecule has 0 amide bonds. The van der Waals surface area contributed by atoms with Crippen molar-refractivity contribution in [3.8, 4) is 11.5 Å². The van der Waals surface area contributed by atoms with Crippen LogP contribution in [0.1, 0.15) is 19.3 Å². The number of ether oxygens (including phenoxy) is 1. The van der Waals surface area contributed by atoms with E-state index in [1.54, 1.807) is 0 Å². The van der Waals surface area contributed by atoms with Gasteiger partial charge < -0.3 is 4.74 Å². The van der Waals surface area contributed by atoms with Gasteiger partial charge in [-0.05, 0) is 43.2 Å². The van der Waals surface area contributed by atoms with E-state index in [9.17, 15) is 22.9 Å². The highest BCUT2D eigenvalue weighted by Crippen LogP contribution is 2.36. The predicted octanol–water partition coefficient (Wildman–Crippen LogP) is 4.46. The first-order valence-electron chi connectivity index (χ1n) is 8.20. The number of nitrogens with zero attached hydrogens (tertiary/aromatic N) is 2. The summed E-state index contributed by atoms with van der Waals surface area (Å²) in [6, 6.07) is 7.38. The normalized spacial score (nSPS) is 15.5. The zero-order valence-electron chi connectivity index (χ0n) is 14.1. The van der Waals surface area contributed by atoms with Crippen LogP contribution in [-0.4, -0.2) is 30.7 Å². The topological polar surface area (TPSA) is 89.8 Å². The van der Waals surface area contributed by atoms with Gasteiger partial charge in [0, 0.05) is 23.6 Å². The van der Waals surface area contributed by atoms with Gasteiger partial charge in [-0.3, -0.25) is 10.1 Å². The lowest BCUT2D eigenvalue weighted by Gasteiger charge is -2.25. The molecule has 27 heavy (non-hydrogen) atoms. The average Bonchev–Trinajstić information content (AvgIpc) is 2.64. The van der Waals surface area contributed by atoms with E-state index in [0.29, 0.717) is 17.6 Å². The lowest BCUT2D eigenvalue weighted by molar-refractivity contribution is -0.385. The molecule has 0 unspecified atom stereocenters. The number of benzene rings is 2. The fourth-order valence-electron chi connectivity index (χ4n) is 2.82. The molecular weight excluding hydrogens is 443 g/mol. The fourth-order valence-corrected chi connectivity index (χ4v) is 4.69. The highest BCUT2D eigenvalue weighted by atomic mass is 79.9. The summed E-state index contributed by atoms with van der Waals surface area (Å²) in [6.45, 7) is 0.775. The van der Waals surface area contributed by atoms with E-state index in [1.165, 1.54) is 28.6 Å². The van der Waals surface area contributed by atoms with Gasteiger partial charge >= 0.3 is 5.69 Å². The van der Waals surface area contributed by atoms with Crippen molar-refractivity contribution in [3.63, 3.8) is 0 Å². The highest BCUT2D eigenvalue weighted by Gasteiger charge is 2.29. The van der Waals surface area contributed by atoms with Crippen LogP contribution in [0.25, 0.3) is 0 Å². The van der Waals surface area contributed by atoms with Gasteiger partial charge in [0.1, 0.15) is 0 Å². The Morgan fingerprint density at radius 1 is 1.07 bits per heavy atom. The Labute approximate surface area is 164 Å². The Hall–Kier alpha value is -2.04.